The SMILES string of the molecule is CC(=O)CC1CCCN1S(=O)(=O)c1cc([N+](=O)[O-])c(Cl)s1. The van der Waals surface area contributed by atoms with Crippen LogP contribution in [0, 0.1) is 10.1 Å². The number of Topliss-reactive ketones (excluding diaryl/α,β-unsaturated/α-hetero) is 1. The van der Waals surface area contributed by atoms with E-state index in [0.29, 0.717) is 30.7 Å². The maximum Gasteiger partial charge on any atom is 0.300 e. The zero-order valence-corrected chi connectivity index (χ0v) is 13.5. The molecule has 116 valence electrons. The van der Waals surface area contributed by atoms with Crippen LogP contribution in [0.1, 0.15) is 26.2 Å². The Balaban J connectivity index is 2.35. The monoisotopic (exact) mass is 352 g/mol. The van der Waals surface area contributed by atoms with E-state index in [1.807, 2.05) is 0 Å². The molecule has 0 saturated carbocycles. The Labute approximate surface area is 130 Å². The lowest BCUT2D eigenvalue weighted by atomic mass is 10.1. The van der Waals surface area contributed by atoms with Gasteiger partial charge < -0.3 is 0 Å². The number of sulfonamides is 1. The Bertz CT molecular complexity index is 685. The van der Waals surface area contributed by atoms with Crippen molar-refractivity contribution in [3.8, 4) is 0 Å². The van der Waals surface area contributed by atoms with Gasteiger partial charge in [0.2, 0.25) is 0 Å². The molecule has 2 rings (SSSR count). The van der Waals surface area contributed by atoms with Gasteiger partial charge in [0.05, 0.1) is 4.92 Å². The van der Waals surface area contributed by atoms with Gasteiger partial charge in [0.15, 0.2) is 4.34 Å². The van der Waals surface area contributed by atoms with Gasteiger partial charge in [-0.1, -0.05) is 11.6 Å². The zero-order valence-electron chi connectivity index (χ0n) is 11.1. The Morgan fingerprint density at radius 3 is 2.81 bits per heavy atom. The van der Waals surface area contributed by atoms with E-state index in [0.717, 1.165) is 6.07 Å². The molecule has 0 aromatic carbocycles. The van der Waals surface area contributed by atoms with Crippen molar-refractivity contribution in [2.24, 2.45) is 0 Å². The van der Waals surface area contributed by atoms with Gasteiger partial charge in [-0.3, -0.25) is 14.9 Å². The van der Waals surface area contributed by atoms with E-state index in [-0.39, 0.29) is 26.8 Å². The molecule has 1 fully saturated rings. The molecule has 1 aromatic heterocycles. The van der Waals surface area contributed by atoms with Crippen LogP contribution < -0.4 is 0 Å². The predicted octanol–water partition coefficient (Wildman–Crippen LogP) is 2.44. The van der Waals surface area contributed by atoms with Crippen LogP contribution in [0.4, 0.5) is 5.69 Å². The predicted molar refractivity (Wildman–Crippen MR) is 78.2 cm³/mol. The second-order valence-electron chi connectivity index (χ2n) is 4.80. The lowest BCUT2D eigenvalue weighted by Crippen LogP contribution is -2.36. The number of hydrogen-bond acceptors (Lipinski definition) is 6. The number of halogens is 1. The van der Waals surface area contributed by atoms with Crippen molar-refractivity contribution in [3.05, 3.63) is 20.5 Å². The molecule has 0 amide bonds. The summed E-state index contributed by atoms with van der Waals surface area (Å²) in [5.41, 5.74) is -0.414. The van der Waals surface area contributed by atoms with Gasteiger partial charge in [-0.25, -0.2) is 8.42 Å². The summed E-state index contributed by atoms with van der Waals surface area (Å²) in [6, 6.07) is 0.596. The maximum atomic E-state index is 12.6. The van der Waals surface area contributed by atoms with Crippen LogP contribution in [-0.4, -0.2) is 36.0 Å². The van der Waals surface area contributed by atoms with E-state index in [1.165, 1.54) is 11.2 Å². The number of rotatable bonds is 5. The molecule has 1 aliphatic heterocycles. The minimum atomic E-state index is -3.86. The van der Waals surface area contributed by atoms with Crippen molar-refractivity contribution >= 4 is 44.4 Å². The Morgan fingerprint density at radius 1 is 1.62 bits per heavy atom. The molecule has 7 nitrogen and oxygen atoms in total. The molecule has 1 unspecified atom stereocenters. The van der Waals surface area contributed by atoms with E-state index in [4.69, 9.17) is 11.6 Å². The summed E-state index contributed by atoms with van der Waals surface area (Å²) >= 11 is 6.38. The number of thiophene rings is 1. The van der Waals surface area contributed by atoms with Crippen LogP contribution in [-0.2, 0) is 14.8 Å². The average Bonchev–Trinajstić information content (AvgIpc) is 2.95. The van der Waals surface area contributed by atoms with E-state index in [1.54, 1.807) is 0 Å². The second kappa shape index (κ2) is 5.99. The van der Waals surface area contributed by atoms with Gasteiger partial charge in [-0.2, -0.15) is 4.31 Å². The first-order valence-electron chi connectivity index (χ1n) is 6.18. The van der Waals surface area contributed by atoms with E-state index in [9.17, 15) is 23.3 Å². The number of ketones is 1. The first-order chi connectivity index (χ1) is 9.73. The number of hydrogen-bond donors (Lipinski definition) is 0. The average molecular weight is 353 g/mol. The molecular weight excluding hydrogens is 340 g/mol. The van der Waals surface area contributed by atoms with Gasteiger partial charge in [0.25, 0.3) is 15.7 Å². The molecule has 0 N–H and O–H groups in total. The summed E-state index contributed by atoms with van der Waals surface area (Å²) in [6.45, 7) is 1.72. The fourth-order valence-electron chi connectivity index (χ4n) is 2.37. The standard InChI is InChI=1S/C11H13ClN2O5S2/c1-7(15)5-8-3-2-4-13(8)21(18,19)10-6-9(14(16)17)11(12)20-10/h6,8H,2-5H2,1H3. The number of nitro groups is 1. The van der Waals surface area contributed by atoms with Gasteiger partial charge in [-0.05, 0) is 19.8 Å². The summed E-state index contributed by atoms with van der Waals surface area (Å²) in [5, 5.41) is 10.8. The molecule has 10 heteroatoms. The van der Waals surface area contributed by atoms with E-state index >= 15 is 0 Å². The van der Waals surface area contributed by atoms with Crippen molar-refractivity contribution in [2.45, 2.75) is 36.4 Å². The smallest absolute Gasteiger partial charge is 0.300 e. The summed E-state index contributed by atoms with van der Waals surface area (Å²) in [4.78, 5) is 21.3. The molecular formula is C11H13ClN2O5S2. The first kappa shape index (κ1) is 16.3. The Kier molecular flexibility index (Phi) is 4.66. The molecule has 1 atom stereocenters. The molecule has 1 aromatic rings. The Hall–Kier alpha value is -1.03. The fourth-order valence-corrected chi connectivity index (χ4v) is 5.85. The third kappa shape index (κ3) is 3.25. The first-order valence-corrected chi connectivity index (χ1v) is 8.82. The van der Waals surface area contributed by atoms with Crippen molar-refractivity contribution < 1.29 is 18.1 Å². The zero-order chi connectivity index (χ0) is 15.8. The molecule has 2 heterocycles. The van der Waals surface area contributed by atoms with Gasteiger partial charge in [-0.15, -0.1) is 11.3 Å². The number of nitrogens with zero attached hydrogens (tertiary/aromatic N) is 2. The largest absolute Gasteiger partial charge is 0.300 e. The van der Waals surface area contributed by atoms with Crippen molar-refractivity contribution in [1.29, 1.82) is 0 Å². The second-order valence-corrected chi connectivity index (χ2v) is 8.57. The number of carbonyl (C=O) groups excluding carboxylic acids is 1. The summed E-state index contributed by atoms with van der Waals surface area (Å²) < 4.78 is 26.0. The van der Waals surface area contributed by atoms with Crippen molar-refractivity contribution in [1.82, 2.24) is 4.31 Å². The summed E-state index contributed by atoms with van der Waals surface area (Å²) in [5.74, 6) is -0.0858. The quantitative estimate of drug-likeness (QED) is 0.598. The third-order valence-electron chi connectivity index (χ3n) is 3.25. The molecule has 0 spiro atoms. The molecule has 21 heavy (non-hydrogen) atoms. The molecule has 0 radical (unpaired) electrons. The lowest BCUT2D eigenvalue weighted by Gasteiger charge is -2.22. The molecule has 0 aliphatic carbocycles. The topological polar surface area (TPSA) is 97.6 Å². The van der Waals surface area contributed by atoms with Crippen LogP contribution in [0.5, 0.6) is 0 Å². The highest BCUT2D eigenvalue weighted by Crippen LogP contribution is 2.39. The highest BCUT2D eigenvalue weighted by molar-refractivity contribution is 7.91. The Morgan fingerprint density at radius 2 is 2.29 bits per heavy atom. The molecule has 1 saturated heterocycles. The van der Waals surface area contributed by atoms with Crippen LogP contribution in [0.15, 0.2) is 10.3 Å². The minimum Gasteiger partial charge on any atom is -0.300 e. The van der Waals surface area contributed by atoms with Crippen molar-refractivity contribution in [2.75, 3.05) is 6.54 Å². The normalized spacial score (nSPS) is 19.8. The fraction of sp³-hybridized carbons (Fsp3) is 0.545. The van der Waals surface area contributed by atoms with Crippen molar-refractivity contribution in [3.63, 3.8) is 0 Å². The van der Waals surface area contributed by atoms with E-state index < -0.39 is 20.6 Å². The van der Waals surface area contributed by atoms with Crippen LogP contribution in [0.2, 0.25) is 4.34 Å². The third-order valence-corrected chi connectivity index (χ3v) is 6.99. The summed E-state index contributed by atoms with van der Waals surface area (Å²) in [7, 11) is -3.86. The van der Waals surface area contributed by atoms with Gasteiger partial charge >= 0.3 is 0 Å². The molecule has 0 bridgehead atoms. The van der Waals surface area contributed by atoms with Crippen LogP contribution in [0.25, 0.3) is 0 Å². The lowest BCUT2D eigenvalue weighted by molar-refractivity contribution is -0.384. The highest BCUT2D eigenvalue weighted by Gasteiger charge is 2.38. The van der Waals surface area contributed by atoms with Crippen LogP contribution >= 0.6 is 22.9 Å². The van der Waals surface area contributed by atoms with Gasteiger partial charge in [0.1, 0.15) is 9.99 Å². The minimum absolute atomic E-state index is 0.0858. The van der Waals surface area contributed by atoms with Crippen LogP contribution in [0.3, 0.4) is 0 Å². The van der Waals surface area contributed by atoms with E-state index in [2.05, 4.69) is 0 Å². The summed E-state index contributed by atoms with van der Waals surface area (Å²) in [6.07, 6.45) is 1.43. The number of carbonyl (C=O) groups is 1. The maximum absolute atomic E-state index is 12.6. The highest BCUT2D eigenvalue weighted by atomic mass is 35.5. The molecule has 1 aliphatic rings. The van der Waals surface area contributed by atoms with Gasteiger partial charge in [0, 0.05) is 25.1 Å².